The van der Waals surface area contributed by atoms with Crippen molar-refractivity contribution in [3.63, 3.8) is 0 Å². The van der Waals surface area contributed by atoms with Gasteiger partial charge < -0.3 is 10.1 Å². The molecule has 0 fully saturated rings. The molecular weight excluding hydrogens is 210 g/mol. The van der Waals surface area contributed by atoms with Crippen LogP contribution in [-0.2, 0) is 6.42 Å². The van der Waals surface area contributed by atoms with Gasteiger partial charge in [-0.3, -0.25) is 0 Å². The van der Waals surface area contributed by atoms with Gasteiger partial charge in [-0.25, -0.2) is 0 Å². The van der Waals surface area contributed by atoms with Crippen LogP contribution in [0, 0.1) is 0 Å². The maximum absolute atomic E-state index is 5.13. The first-order chi connectivity index (χ1) is 8.36. The van der Waals surface area contributed by atoms with E-state index in [4.69, 9.17) is 4.74 Å². The van der Waals surface area contributed by atoms with Gasteiger partial charge in [0.25, 0.3) is 0 Å². The van der Waals surface area contributed by atoms with E-state index in [1.165, 1.54) is 31.2 Å². The van der Waals surface area contributed by atoms with Crippen LogP contribution in [-0.4, -0.2) is 20.2 Å². The molecule has 1 rings (SSSR count). The highest BCUT2D eigenvalue weighted by atomic mass is 16.5. The lowest BCUT2D eigenvalue weighted by Gasteiger charge is -2.05. The molecule has 0 bridgehead atoms. The van der Waals surface area contributed by atoms with E-state index in [0.717, 1.165) is 25.3 Å². The molecule has 17 heavy (non-hydrogen) atoms. The summed E-state index contributed by atoms with van der Waals surface area (Å²) in [5, 5.41) is 3.49. The lowest BCUT2D eigenvalue weighted by atomic mass is 10.1. The van der Waals surface area contributed by atoms with E-state index in [0.29, 0.717) is 0 Å². The monoisotopic (exact) mass is 235 g/mol. The van der Waals surface area contributed by atoms with Crippen LogP contribution < -0.4 is 10.1 Å². The molecule has 0 aromatic heterocycles. The molecule has 96 valence electrons. The van der Waals surface area contributed by atoms with Crippen LogP contribution in [0.3, 0.4) is 0 Å². The van der Waals surface area contributed by atoms with Crippen molar-refractivity contribution < 1.29 is 4.74 Å². The van der Waals surface area contributed by atoms with Crippen molar-refractivity contribution in [1.29, 1.82) is 0 Å². The van der Waals surface area contributed by atoms with Crippen molar-refractivity contribution in [3.8, 4) is 5.75 Å². The Balaban J connectivity index is 2.05. The van der Waals surface area contributed by atoms with Gasteiger partial charge in [-0.05, 0) is 43.6 Å². The molecule has 0 aliphatic carbocycles. The third-order valence-electron chi connectivity index (χ3n) is 2.96. The summed E-state index contributed by atoms with van der Waals surface area (Å²) in [6.07, 6.45) is 6.42. The van der Waals surface area contributed by atoms with Gasteiger partial charge in [-0.2, -0.15) is 0 Å². The Kier molecular flexibility index (Phi) is 7.48. The number of rotatable bonds is 9. The largest absolute Gasteiger partial charge is 0.497 e. The fraction of sp³-hybridized carbons (Fsp3) is 0.600. The fourth-order valence-corrected chi connectivity index (χ4v) is 1.83. The molecule has 0 amide bonds. The predicted molar refractivity (Wildman–Crippen MR) is 73.7 cm³/mol. The zero-order valence-electron chi connectivity index (χ0n) is 11.2. The van der Waals surface area contributed by atoms with Gasteiger partial charge in [-0.15, -0.1) is 0 Å². The van der Waals surface area contributed by atoms with Crippen molar-refractivity contribution in [2.45, 2.75) is 39.0 Å². The minimum atomic E-state index is 0.932. The van der Waals surface area contributed by atoms with Crippen LogP contribution in [0.5, 0.6) is 5.75 Å². The summed E-state index contributed by atoms with van der Waals surface area (Å²) in [4.78, 5) is 0. The van der Waals surface area contributed by atoms with Crippen LogP contribution in [0.4, 0.5) is 0 Å². The van der Waals surface area contributed by atoms with Crippen LogP contribution >= 0.6 is 0 Å². The van der Waals surface area contributed by atoms with E-state index in [-0.39, 0.29) is 0 Å². The van der Waals surface area contributed by atoms with Crippen molar-refractivity contribution in [1.82, 2.24) is 5.32 Å². The van der Waals surface area contributed by atoms with E-state index >= 15 is 0 Å². The van der Waals surface area contributed by atoms with Gasteiger partial charge in [0.15, 0.2) is 0 Å². The highest BCUT2D eigenvalue weighted by molar-refractivity contribution is 5.27. The molecule has 1 aromatic rings. The van der Waals surface area contributed by atoms with Crippen LogP contribution in [0.2, 0.25) is 0 Å². The molecule has 1 N–H and O–H groups in total. The van der Waals surface area contributed by atoms with Crippen molar-refractivity contribution in [2.24, 2.45) is 0 Å². The second-order valence-electron chi connectivity index (χ2n) is 4.41. The molecule has 0 spiro atoms. The second-order valence-corrected chi connectivity index (χ2v) is 4.41. The van der Waals surface area contributed by atoms with Crippen LogP contribution in [0.15, 0.2) is 24.3 Å². The average molecular weight is 235 g/mol. The minimum Gasteiger partial charge on any atom is -0.497 e. The Hall–Kier alpha value is -1.02. The highest BCUT2D eigenvalue weighted by Crippen LogP contribution is 2.11. The molecule has 0 unspecified atom stereocenters. The molecule has 0 radical (unpaired) electrons. The van der Waals surface area contributed by atoms with Crippen molar-refractivity contribution >= 4 is 0 Å². The van der Waals surface area contributed by atoms with Gasteiger partial charge in [0.2, 0.25) is 0 Å². The Bertz CT molecular complexity index is 281. The zero-order valence-corrected chi connectivity index (χ0v) is 11.2. The van der Waals surface area contributed by atoms with E-state index in [1.807, 2.05) is 12.1 Å². The lowest BCUT2D eigenvalue weighted by molar-refractivity contribution is 0.414. The molecule has 2 heteroatoms. The van der Waals surface area contributed by atoms with E-state index in [9.17, 15) is 0 Å². The summed E-state index contributed by atoms with van der Waals surface area (Å²) in [5.74, 6) is 0.932. The second kappa shape index (κ2) is 9.06. The summed E-state index contributed by atoms with van der Waals surface area (Å²) in [6.45, 7) is 4.46. The number of nitrogens with one attached hydrogen (secondary N) is 1. The lowest BCUT2D eigenvalue weighted by Crippen LogP contribution is -2.18. The van der Waals surface area contributed by atoms with Gasteiger partial charge in [-0.1, -0.05) is 38.3 Å². The van der Waals surface area contributed by atoms with Gasteiger partial charge in [0, 0.05) is 0 Å². The first kappa shape index (κ1) is 14.0. The summed E-state index contributed by atoms with van der Waals surface area (Å²) < 4.78 is 5.13. The van der Waals surface area contributed by atoms with Gasteiger partial charge >= 0.3 is 0 Å². The molecule has 0 saturated carbocycles. The molecule has 2 nitrogen and oxygen atoms in total. The van der Waals surface area contributed by atoms with Crippen LogP contribution in [0.25, 0.3) is 0 Å². The molecule has 0 aliphatic heterocycles. The Labute approximate surface area is 105 Å². The smallest absolute Gasteiger partial charge is 0.118 e. The summed E-state index contributed by atoms with van der Waals surface area (Å²) in [7, 11) is 1.70. The van der Waals surface area contributed by atoms with Gasteiger partial charge in [0.1, 0.15) is 5.75 Å². The molecule has 0 aliphatic rings. The van der Waals surface area contributed by atoms with E-state index in [2.05, 4.69) is 24.4 Å². The number of hydrogen-bond acceptors (Lipinski definition) is 2. The molecular formula is C15H25NO. The Morgan fingerprint density at radius 3 is 2.41 bits per heavy atom. The fourth-order valence-electron chi connectivity index (χ4n) is 1.83. The quantitative estimate of drug-likeness (QED) is 0.662. The number of unbranched alkanes of at least 4 members (excludes halogenated alkanes) is 3. The topological polar surface area (TPSA) is 21.3 Å². The zero-order chi connectivity index (χ0) is 12.3. The maximum Gasteiger partial charge on any atom is 0.118 e. The molecule has 1 aromatic carbocycles. The summed E-state index contributed by atoms with van der Waals surface area (Å²) in [5.41, 5.74) is 1.37. The first-order valence-electron chi connectivity index (χ1n) is 6.70. The molecule has 0 heterocycles. The highest BCUT2D eigenvalue weighted by Gasteiger charge is 1.94. The van der Waals surface area contributed by atoms with Crippen molar-refractivity contribution in [2.75, 3.05) is 20.2 Å². The van der Waals surface area contributed by atoms with E-state index in [1.54, 1.807) is 7.11 Å². The van der Waals surface area contributed by atoms with E-state index < -0.39 is 0 Å². The predicted octanol–water partition coefficient (Wildman–Crippen LogP) is 3.41. The molecule has 0 saturated heterocycles. The standard InChI is InChI=1S/C15H25NO/c1-3-4-5-6-12-16-13-11-14-7-9-15(17-2)10-8-14/h7-10,16H,3-6,11-13H2,1-2H3. The van der Waals surface area contributed by atoms with Crippen LogP contribution in [0.1, 0.15) is 38.2 Å². The number of methoxy groups -OCH3 is 1. The number of ether oxygens (including phenoxy) is 1. The third-order valence-corrected chi connectivity index (χ3v) is 2.96. The normalized spacial score (nSPS) is 10.5. The summed E-state index contributed by atoms with van der Waals surface area (Å²) in [6, 6.07) is 8.32. The average Bonchev–Trinajstić information content (AvgIpc) is 2.38. The van der Waals surface area contributed by atoms with Crippen molar-refractivity contribution in [3.05, 3.63) is 29.8 Å². The Morgan fingerprint density at radius 2 is 1.76 bits per heavy atom. The first-order valence-corrected chi connectivity index (χ1v) is 6.70. The molecule has 0 atom stereocenters. The minimum absolute atomic E-state index is 0.932. The summed E-state index contributed by atoms with van der Waals surface area (Å²) >= 11 is 0. The maximum atomic E-state index is 5.13. The SMILES string of the molecule is CCCCCCNCCc1ccc(OC)cc1. The van der Waals surface area contributed by atoms with Gasteiger partial charge in [0.05, 0.1) is 7.11 Å². The third kappa shape index (κ3) is 6.32. The number of hydrogen-bond donors (Lipinski definition) is 1. The number of benzene rings is 1. The Morgan fingerprint density at radius 1 is 1.00 bits per heavy atom.